The van der Waals surface area contributed by atoms with Gasteiger partial charge in [0.1, 0.15) is 76.0 Å². The van der Waals surface area contributed by atoms with E-state index in [0.717, 1.165) is 66.6 Å². The first-order chi connectivity index (χ1) is 67.4. The first-order valence-electron chi connectivity index (χ1n) is 41.7. The standard InChI is InChI=1S/2C26H17ClFNO4S2.2C26H17F2NO4S2/c1-34-18-10-11-20-19(12-18)23-21(25(31)29(20)13-14-2-6-16(28)7-3-14)22(30)24(26(32)33-23)35-17-8-4-15(27)5-9-17;1-34-17-9-10-20-19(12-17)23-21(25(31)29(20)13-14-5-7-16(28)8-6-14)22(30)24(26(32)33-23)35-18-4-2-3-15(27)11-18;1-34-18-10-11-20-19(12-18)23-21(25(31)29(20)13-14-2-4-15(27)5-3-14)22(30)24(26(32)33-23)35-17-8-6-16(28)7-9-17;1-34-17-9-10-20-19(12-17)23-21(25(31)29(20)13-14-5-7-15(27)8-6-14)22(30)24(26(32)33-23)35-18-4-2-3-16(28)11-18/h4*2-12,30H,13H2,1H3. The molecule has 0 aliphatic heterocycles. The SMILES string of the molecule is CSc1ccc2c(c1)c1oc(=O)c(Sc3ccc(Cl)cc3)c(O)c1c(=O)n2Cc1ccc(F)cc1.CSc1ccc2c(c1)c1oc(=O)c(Sc3ccc(F)cc3)c(O)c1c(=O)n2Cc1ccc(F)cc1.CSc1ccc2c(c1)c1oc(=O)c(Sc3cccc(Cl)c3)c(O)c1c(=O)n2Cc1ccc(F)cc1.CSc1ccc2c(c1)c1oc(=O)c(Sc3cccc(F)c3)c(O)c1c(=O)n2Cc1ccc(F)cc1. The van der Waals surface area contributed by atoms with Crippen molar-refractivity contribution in [3.63, 3.8) is 0 Å². The maximum absolute atomic E-state index is 13.7. The fraction of sp³-hybridized carbons (Fsp3) is 0.0769. The van der Waals surface area contributed by atoms with Crippen molar-refractivity contribution in [3.8, 4) is 23.0 Å². The van der Waals surface area contributed by atoms with Crippen molar-refractivity contribution < 1.29 is 64.4 Å². The molecule has 36 heteroatoms. The molecule has 0 amide bonds. The molecule has 20 nitrogen and oxygen atoms in total. The summed E-state index contributed by atoms with van der Waals surface area (Å²) in [6.45, 7) is 0.500. The molecule has 0 bridgehead atoms. The maximum atomic E-state index is 13.7. The molecule has 8 aromatic heterocycles. The summed E-state index contributed by atoms with van der Waals surface area (Å²) >= 11 is 21.6. The number of halogens is 8. The first kappa shape index (κ1) is 98.1. The molecule has 4 N–H and O–H groups in total. The van der Waals surface area contributed by atoms with Crippen LogP contribution in [0.2, 0.25) is 10.0 Å². The van der Waals surface area contributed by atoms with Crippen molar-refractivity contribution in [1.82, 2.24) is 18.3 Å². The highest BCUT2D eigenvalue weighted by Crippen LogP contribution is 2.45. The predicted octanol–water partition coefficient (Wildman–Crippen LogP) is 25.1. The molecule has 0 spiro atoms. The van der Waals surface area contributed by atoms with Crippen LogP contribution in [0.15, 0.2) is 382 Å². The van der Waals surface area contributed by atoms with Crippen molar-refractivity contribution >= 4 is 205 Å². The Balaban J connectivity index is 0.000000129. The van der Waals surface area contributed by atoms with Gasteiger partial charge in [-0.05, 0) is 254 Å². The van der Waals surface area contributed by atoms with Crippen LogP contribution in [0.4, 0.5) is 26.3 Å². The van der Waals surface area contributed by atoms with Crippen molar-refractivity contribution in [2.24, 2.45) is 0 Å². The number of nitrogens with zero attached hydrogens (tertiary/aromatic N) is 4. The highest BCUT2D eigenvalue weighted by atomic mass is 35.5. The van der Waals surface area contributed by atoms with E-state index in [0.29, 0.717) is 95.5 Å². The summed E-state index contributed by atoms with van der Waals surface area (Å²) < 4.78 is 109. The Morgan fingerprint density at radius 2 is 0.493 bits per heavy atom. The van der Waals surface area contributed by atoms with Crippen LogP contribution in [-0.4, -0.2) is 63.7 Å². The van der Waals surface area contributed by atoms with Crippen molar-refractivity contribution in [2.45, 2.75) is 84.9 Å². The van der Waals surface area contributed by atoms with Gasteiger partial charge in [-0.2, -0.15) is 0 Å². The highest BCUT2D eigenvalue weighted by Gasteiger charge is 2.30. The smallest absolute Gasteiger partial charge is 0.354 e. The van der Waals surface area contributed by atoms with Crippen LogP contribution < -0.4 is 44.7 Å². The van der Waals surface area contributed by atoms with E-state index in [1.165, 1.54) is 156 Å². The van der Waals surface area contributed by atoms with Crippen LogP contribution in [-0.2, 0) is 26.2 Å². The lowest BCUT2D eigenvalue weighted by atomic mass is 10.1. The molecule has 0 aliphatic rings. The van der Waals surface area contributed by atoms with E-state index in [-0.39, 0.29) is 101 Å². The zero-order valence-corrected chi connectivity index (χ0v) is 81.0. The number of benzene rings is 12. The number of pyridine rings is 4. The summed E-state index contributed by atoms with van der Waals surface area (Å²) in [7, 11) is 0. The third kappa shape index (κ3) is 20.7. The molecule has 8 heterocycles. The van der Waals surface area contributed by atoms with E-state index < -0.39 is 91.0 Å². The summed E-state index contributed by atoms with van der Waals surface area (Å²) in [6.07, 6.45) is 7.60. The van der Waals surface area contributed by atoms with Crippen LogP contribution in [0.25, 0.3) is 87.5 Å². The molecule has 704 valence electrons. The van der Waals surface area contributed by atoms with Crippen LogP contribution in [0.5, 0.6) is 23.0 Å². The average Bonchev–Trinajstić information content (AvgIpc) is 0.746. The molecule has 0 unspecified atom stereocenters. The van der Waals surface area contributed by atoms with E-state index >= 15 is 0 Å². The fourth-order valence-corrected chi connectivity index (χ4v) is 21.0. The van der Waals surface area contributed by atoms with Gasteiger partial charge < -0.3 is 56.4 Å². The summed E-state index contributed by atoms with van der Waals surface area (Å²) in [5, 5.41) is 47.1. The summed E-state index contributed by atoms with van der Waals surface area (Å²) in [5.41, 5.74) is -0.489. The largest absolute Gasteiger partial charge is 0.505 e. The number of fused-ring (bicyclic) bond motifs is 12. The number of hydrogen-bond acceptors (Lipinski definition) is 24. The van der Waals surface area contributed by atoms with Crippen molar-refractivity contribution in [2.75, 3.05) is 25.0 Å². The minimum atomic E-state index is -0.837. The van der Waals surface area contributed by atoms with Gasteiger partial charge in [0.05, 0.1) is 48.2 Å². The third-order valence-electron chi connectivity index (χ3n) is 22.1. The molecule has 0 atom stereocenters. The molecule has 0 aliphatic carbocycles. The highest BCUT2D eigenvalue weighted by molar-refractivity contribution is 8.00. The molecule has 0 radical (unpaired) electrons. The van der Waals surface area contributed by atoms with Gasteiger partial charge in [0.25, 0.3) is 22.2 Å². The second kappa shape index (κ2) is 42.3. The lowest BCUT2D eigenvalue weighted by Crippen LogP contribution is -2.23. The van der Waals surface area contributed by atoms with Crippen LogP contribution in [0.1, 0.15) is 22.3 Å². The van der Waals surface area contributed by atoms with Crippen LogP contribution in [0.3, 0.4) is 0 Å². The minimum absolute atomic E-state index is 0.0118. The van der Waals surface area contributed by atoms with Crippen molar-refractivity contribution in [3.05, 3.63) is 417 Å². The van der Waals surface area contributed by atoms with E-state index in [4.69, 9.17) is 40.9 Å². The Morgan fingerprint density at radius 1 is 0.257 bits per heavy atom. The summed E-state index contributed by atoms with van der Waals surface area (Å²) in [4.78, 5) is 111. The Bertz CT molecular complexity index is 8360. The van der Waals surface area contributed by atoms with Gasteiger partial charge in [-0.1, -0.05) is 131 Å². The van der Waals surface area contributed by atoms with E-state index in [9.17, 15) is 85.1 Å². The van der Waals surface area contributed by atoms with E-state index in [2.05, 4.69) is 0 Å². The minimum Gasteiger partial charge on any atom is -0.505 e. The summed E-state index contributed by atoms with van der Waals surface area (Å²) in [6, 6.07) is 69.3. The second-order valence-electron chi connectivity index (χ2n) is 30.9. The molecule has 20 aromatic rings. The third-order valence-corrected chi connectivity index (χ3v) is 29.8. The Morgan fingerprint density at radius 3 is 0.750 bits per heavy atom. The molecule has 0 fully saturated rings. The van der Waals surface area contributed by atoms with Crippen LogP contribution in [0, 0.1) is 34.9 Å². The van der Waals surface area contributed by atoms with Gasteiger partial charge >= 0.3 is 22.5 Å². The molecule has 0 saturated heterocycles. The monoisotopic (exact) mass is 2070 g/mol. The van der Waals surface area contributed by atoms with Gasteiger partial charge in [-0.15, -0.1) is 47.0 Å². The normalized spacial score (nSPS) is 11.4. The Hall–Kier alpha value is -13.5. The fourth-order valence-electron chi connectivity index (χ4n) is 15.4. The quantitative estimate of drug-likeness (QED) is 0.0313. The number of hydrogen-bond donors (Lipinski definition) is 4. The lowest BCUT2D eigenvalue weighted by molar-refractivity contribution is 0.446. The average molecular weight is 2070 g/mol. The number of rotatable bonds is 20. The second-order valence-corrected chi connectivity index (χ2v) is 39.6. The topological polar surface area (TPSA) is 290 Å². The Kier molecular flexibility index (Phi) is 29.6. The molecule has 140 heavy (non-hydrogen) atoms. The van der Waals surface area contributed by atoms with Gasteiger partial charge in [0, 0.05) is 70.8 Å². The van der Waals surface area contributed by atoms with E-state index in [1.807, 2.05) is 61.4 Å². The van der Waals surface area contributed by atoms with Crippen LogP contribution >= 0.6 is 117 Å². The van der Waals surface area contributed by atoms with Gasteiger partial charge in [-0.3, -0.25) is 19.2 Å². The molecule has 12 aromatic carbocycles. The van der Waals surface area contributed by atoms with Gasteiger partial charge in [0.15, 0.2) is 45.3 Å². The molecular formula is C104H68Cl2F6N4O16S8. The van der Waals surface area contributed by atoms with Gasteiger partial charge in [0.2, 0.25) is 0 Å². The maximum Gasteiger partial charge on any atom is 0.354 e. The van der Waals surface area contributed by atoms with Gasteiger partial charge in [-0.25, -0.2) is 45.5 Å². The lowest BCUT2D eigenvalue weighted by Gasteiger charge is -2.15. The number of thioether (sulfide) groups is 4. The number of aromatic hydroxyl groups is 4. The molecule has 0 saturated carbocycles. The molecule has 20 rings (SSSR count). The zero-order chi connectivity index (χ0) is 98.8. The predicted molar refractivity (Wildman–Crippen MR) is 545 cm³/mol. The zero-order valence-electron chi connectivity index (χ0n) is 73.0. The number of aromatic nitrogens is 4. The van der Waals surface area contributed by atoms with E-state index in [1.54, 1.807) is 140 Å². The Labute approximate surface area is 830 Å². The summed E-state index contributed by atoms with van der Waals surface area (Å²) in [5.74, 6) is -4.40. The molecular weight excluding hydrogens is 2000 g/mol. The first-order valence-corrected chi connectivity index (χ1v) is 50.7. The van der Waals surface area contributed by atoms with Crippen molar-refractivity contribution in [1.29, 1.82) is 0 Å².